The molecule has 3 aromatic carbocycles. The van der Waals surface area contributed by atoms with Crippen LogP contribution < -0.4 is 19.6 Å². The molecular formula is C32H27ClN2O6S. The van der Waals surface area contributed by atoms with Gasteiger partial charge in [-0.3, -0.25) is 9.36 Å². The second kappa shape index (κ2) is 13.0. The summed E-state index contributed by atoms with van der Waals surface area (Å²) in [6, 6.07) is 22.6. The van der Waals surface area contributed by atoms with Crippen LogP contribution in [-0.4, -0.2) is 36.3 Å². The molecule has 0 fully saturated rings. The minimum Gasteiger partial charge on any atom is -0.482 e. The molecule has 10 heteroatoms. The van der Waals surface area contributed by atoms with E-state index >= 15 is 0 Å². The first-order valence-corrected chi connectivity index (χ1v) is 14.5. The van der Waals surface area contributed by atoms with Crippen molar-refractivity contribution in [1.82, 2.24) is 4.57 Å². The standard InChI is InChI=1S/C32H27ClN2O6S/c1-3-39-26(36)19-41-24-16-10-20(11-17-24)18-25-30(37)35-29(22-12-14-23(33)15-13-22)27(31(38)40-4-2)28(34-32(35)42-25)21-8-6-5-7-9-21/h5-18,29H,3-4,19H2,1-2H3/b25-18-/t29-/m0/s1. The number of aromatic nitrogens is 1. The summed E-state index contributed by atoms with van der Waals surface area (Å²) < 4.78 is 17.8. The lowest BCUT2D eigenvalue weighted by molar-refractivity contribution is -0.145. The van der Waals surface area contributed by atoms with Crippen LogP contribution in [0, 0.1) is 0 Å². The van der Waals surface area contributed by atoms with Crippen LogP contribution >= 0.6 is 22.9 Å². The number of carbonyl (C=O) groups excluding carboxylic acids is 2. The molecule has 1 aliphatic rings. The highest BCUT2D eigenvalue weighted by Gasteiger charge is 2.35. The van der Waals surface area contributed by atoms with Gasteiger partial charge in [0.15, 0.2) is 11.4 Å². The van der Waals surface area contributed by atoms with Crippen LogP contribution in [0.25, 0.3) is 11.8 Å². The first kappa shape index (κ1) is 29.0. The van der Waals surface area contributed by atoms with E-state index in [9.17, 15) is 14.4 Å². The SMILES string of the molecule is CCOC(=O)COc1ccc(/C=c2\sc3n(c2=O)[C@@H](c2ccc(Cl)cc2)C(C(=O)OCC)=C(c2ccccc2)N=3)cc1. The first-order valence-electron chi connectivity index (χ1n) is 13.3. The van der Waals surface area contributed by atoms with Gasteiger partial charge in [-0.05, 0) is 55.3 Å². The van der Waals surface area contributed by atoms with E-state index in [4.69, 9.17) is 30.8 Å². The monoisotopic (exact) mass is 602 g/mol. The van der Waals surface area contributed by atoms with Crippen LogP contribution in [-0.2, 0) is 19.1 Å². The molecule has 42 heavy (non-hydrogen) atoms. The van der Waals surface area contributed by atoms with Crippen LogP contribution in [0.3, 0.4) is 0 Å². The van der Waals surface area contributed by atoms with E-state index in [1.165, 1.54) is 15.9 Å². The highest BCUT2D eigenvalue weighted by atomic mass is 35.5. The molecule has 0 unspecified atom stereocenters. The Labute approximate surface area is 250 Å². The van der Waals surface area contributed by atoms with Crippen molar-refractivity contribution >= 4 is 46.6 Å². The smallest absolute Gasteiger partial charge is 0.344 e. The molecule has 1 aromatic heterocycles. The molecular weight excluding hydrogens is 576 g/mol. The zero-order chi connectivity index (χ0) is 29.6. The third-order valence-corrected chi connectivity index (χ3v) is 7.63. The minimum absolute atomic E-state index is 0.168. The summed E-state index contributed by atoms with van der Waals surface area (Å²) in [5.74, 6) is -0.501. The number of hydrogen-bond acceptors (Lipinski definition) is 8. The van der Waals surface area contributed by atoms with Gasteiger partial charge in [-0.15, -0.1) is 0 Å². The number of fused-ring (bicyclic) bond motifs is 1. The van der Waals surface area contributed by atoms with Gasteiger partial charge < -0.3 is 14.2 Å². The quantitative estimate of drug-likeness (QED) is 0.261. The van der Waals surface area contributed by atoms with Crippen molar-refractivity contribution in [3.8, 4) is 5.75 Å². The number of halogens is 1. The molecule has 0 saturated carbocycles. The number of benzene rings is 3. The minimum atomic E-state index is -0.784. The molecule has 8 nitrogen and oxygen atoms in total. The van der Waals surface area contributed by atoms with Gasteiger partial charge in [0.2, 0.25) is 0 Å². The van der Waals surface area contributed by atoms with Crippen molar-refractivity contribution in [2.24, 2.45) is 4.99 Å². The summed E-state index contributed by atoms with van der Waals surface area (Å²) in [7, 11) is 0. The van der Waals surface area contributed by atoms with Crippen molar-refractivity contribution in [2.45, 2.75) is 19.9 Å². The Morgan fingerprint density at radius 2 is 1.64 bits per heavy atom. The van der Waals surface area contributed by atoms with E-state index in [0.29, 0.717) is 31.4 Å². The molecule has 214 valence electrons. The number of rotatable bonds is 9. The van der Waals surface area contributed by atoms with Crippen molar-refractivity contribution in [2.75, 3.05) is 19.8 Å². The Bertz CT molecular complexity index is 1810. The van der Waals surface area contributed by atoms with Crippen LogP contribution in [0.1, 0.15) is 36.6 Å². The van der Waals surface area contributed by atoms with E-state index in [1.54, 1.807) is 68.5 Å². The molecule has 5 rings (SSSR count). The predicted octanol–water partition coefficient (Wildman–Crippen LogP) is 4.53. The van der Waals surface area contributed by atoms with Crippen molar-refractivity contribution in [3.63, 3.8) is 0 Å². The highest BCUT2D eigenvalue weighted by molar-refractivity contribution is 7.07. The molecule has 2 heterocycles. The summed E-state index contributed by atoms with van der Waals surface area (Å²) in [5, 5.41) is 0.533. The highest BCUT2D eigenvalue weighted by Crippen LogP contribution is 2.35. The second-order valence-corrected chi connectivity index (χ2v) is 10.6. The predicted molar refractivity (Wildman–Crippen MR) is 161 cm³/mol. The Morgan fingerprint density at radius 1 is 0.952 bits per heavy atom. The van der Waals surface area contributed by atoms with E-state index < -0.39 is 18.0 Å². The molecule has 4 aromatic rings. The zero-order valence-electron chi connectivity index (χ0n) is 22.9. The largest absolute Gasteiger partial charge is 0.482 e. The second-order valence-electron chi connectivity index (χ2n) is 9.15. The fourth-order valence-electron chi connectivity index (χ4n) is 4.56. The summed E-state index contributed by atoms with van der Waals surface area (Å²) in [6.45, 7) is 3.73. The average Bonchev–Trinajstić information content (AvgIpc) is 3.31. The molecule has 0 aliphatic carbocycles. The summed E-state index contributed by atoms with van der Waals surface area (Å²) in [4.78, 5) is 44.3. The Morgan fingerprint density at radius 3 is 2.31 bits per heavy atom. The third kappa shape index (κ3) is 6.22. The fraction of sp³-hybridized carbons (Fsp3) is 0.188. The van der Waals surface area contributed by atoms with Crippen LogP contribution in [0.2, 0.25) is 5.02 Å². The Balaban J connectivity index is 1.63. The third-order valence-electron chi connectivity index (χ3n) is 6.40. The topological polar surface area (TPSA) is 96.2 Å². The molecule has 1 atom stereocenters. The first-order chi connectivity index (χ1) is 20.4. The van der Waals surface area contributed by atoms with E-state index in [-0.39, 0.29) is 31.0 Å². The lowest BCUT2D eigenvalue weighted by Crippen LogP contribution is -2.40. The molecule has 0 bridgehead atoms. The zero-order valence-corrected chi connectivity index (χ0v) is 24.5. The summed E-state index contributed by atoms with van der Waals surface area (Å²) in [6.07, 6.45) is 1.76. The Hall–Kier alpha value is -4.47. The van der Waals surface area contributed by atoms with Crippen molar-refractivity contribution in [1.29, 1.82) is 0 Å². The fourth-order valence-corrected chi connectivity index (χ4v) is 5.68. The van der Waals surface area contributed by atoms with Gasteiger partial charge in [0.1, 0.15) is 5.75 Å². The number of ether oxygens (including phenoxy) is 3. The summed E-state index contributed by atoms with van der Waals surface area (Å²) >= 11 is 7.42. The maximum absolute atomic E-state index is 13.9. The lowest BCUT2D eigenvalue weighted by atomic mass is 9.93. The number of hydrogen-bond donors (Lipinski definition) is 0. The Kier molecular flexibility index (Phi) is 9.00. The van der Waals surface area contributed by atoms with Gasteiger partial charge in [0.05, 0.1) is 35.1 Å². The number of esters is 2. The van der Waals surface area contributed by atoms with Crippen LogP contribution in [0.4, 0.5) is 0 Å². The average molecular weight is 603 g/mol. The molecule has 0 amide bonds. The summed E-state index contributed by atoms with van der Waals surface area (Å²) in [5.41, 5.74) is 2.60. The molecule has 0 spiro atoms. The van der Waals surface area contributed by atoms with Gasteiger partial charge >= 0.3 is 11.9 Å². The number of carbonyl (C=O) groups is 2. The molecule has 0 N–H and O–H groups in total. The number of thiazole rings is 1. The normalized spacial score (nSPS) is 14.6. The van der Waals surface area contributed by atoms with E-state index in [2.05, 4.69) is 0 Å². The van der Waals surface area contributed by atoms with E-state index in [0.717, 1.165) is 11.1 Å². The van der Waals surface area contributed by atoms with Gasteiger partial charge in [-0.1, -0.05) is 77.5 Å². The van der Waals surface area contributed by atoms with Gasteiger partial charge in [-0.2, -0.15) is 0 Å². The van der Waals surface area contributed by atoms with E-state index in [1.807, 2.05) is 30.3 Å². The van der Waals surface area contributed by atoms with Gasteiger partial charge in [0, 0.05) is 10.6 Å². The maximum atomic E-state index is 13.9. The van der Waals surface area contributed by atoms with Crippen molar-refractivity contribution in [3.05, 3.63) is 126 Å². The lowest BCUT2D eigenvalue weighted by Gasteiger charge is -2.25. The number of nitrogens with zero attached hydrogens (tertiary/aromatic N) is 2. The molecule has 1 aliphatic heterocycles. The van der Waals surface area contributed by atoms with Gasteiger partial charge in [-0.25, -0.2) is 14.6 Å². The molecule has 0 radical (unpaired) electrons. The van der Waals surface area contributed by atoms with Gasteiger partial charge in [0.25, 0.3) is 5.56 Å². The van der Waals surface area contributed by atoms with Crippen molar-refractivity contribution < 1.29 is 23.8 Å². The van der Waals surface area contributed by atoms with Crippen LogP contribution in [0.5, 0.6) is 5.75 Å². The molecule has 0 saturated heterocycles. The maximum Gasteiger partial charge on any atom is 0.344 e. The van der Waals surface area contributed by atoms with Crippen LogP contribution in [0.15, 0.2) is 94.2 Å².